The Morgan fingerprint density at radius 3 is 2.62 bits per heavy atom. The van der Waals surface area contributed by atoms with E-state index in [1.54, 1.807) is 0 Å². The number of ether oxygens (including phenoxy) is 1. The van der Waals surface area contributed by atoms with Gasteiger partial charge in [0, 0.05) is 6.42 Å². The van der Waals surface area contributed by atoms with Crippen molar-refractivity contribution < 1.29 is 9.53 Å². The second kappa shape index (κ2) is 7.84. The van der Waals surface area contributed by atoms with Crippen molar-refractivity contribution in [3.63, 3.8) is 0 Å². The molecule has 76 valence electrons. The Hall–Kier alpha value is -0.790. The molecule has 0 aliphatic carbocycles. The third kappa shape index (κ3) is 9.12. The molecule has 0 aliphatic rings. The van der Waals surface area contributed by atoms with Crippen molar-refractivity contribution in [3.05, 3.63) is 12.2 Å². The number of allylic oxidation sites excluding steroid dienone is 2. The summed E-state index contributed by atoms with van der Waals surface area (Å²) < 4.78 is 4.99. The van der Waals surface area contributed by atoms with Crippen LogP contribution in [0, 0.1) is 0 Å². The van der Waals surface area contributed by atoms with Crippen LogP contribution in [0.3, 0.4) is 0 Å². The number of carbonyl (C=O) groups excluding carboxylic acids is 1. The Bertz CT molecular complexity index is 159. The summed E-state index contributed by atoms with van der Waals surface area (Å²) in [6.45, 7) is 5.84. The van der Waals surface area contributed by atoms with Crippen LogP contribution in [0.25, 0.3) is 0 Å². The van der Waals surface area contributed by atoms with Gasteiger partial charge in [0.25, 0.3) is 0 Å². The molecule has 13 heavy (non-hydrogen) atoms. The third-order valence-corrected chi connectivity index (χ3v) is 1.52. The highest BCUT2D eigenvalue weighted by Gasteiger charge is 2.03. The molecule has 0 radical (unpaired) electrons. The molecule has 2 heteroatoms. The quantitative estimate of drug-likeness (QED) is 0.360. The molecule has 0 aromatic carbocycles. The first-order chi connectivity index (χ1) is 6.16. The standard InChI is InChI=1S/C11H20O2/c1-4-5-6-7-8-9-11(12)13-10(2)3/h5-6,10H,4,7-9H2,1-3H3/b6-5-. The van der Waals surface area contributed by atoms with Crippen molar-refractivity contribution in [3.8, 4) is 0 Å². The number of hydrogen-bond donors (Lipinski definition) is 0. The van der Waals surface area contributed by atoms with Gasteiger partial charge in [-0.2, -0.15) is 0 Å². The molecule has 0 spiro atoms. The van der Waals surface area contributed by atoms with Crippen LogP contribution in [-0.2, 0) is 9.53 Å². The highest BCUT2D eigenvalue weighted by molar-refractivity contribution is 5.69. The van der Waals surface area contributed by atoms with Gasteiger partial charge in [0.15, 0.2) is 0 Å². The molecule has 2 nitrogen and oxygen atoms in total. The normalized spacial score (nSPS) is 11.1. The molecule has 0 aromatic rings. The SMILES string of the molecule is CC/C=C\CCCC(=O)OC(C)C. The lowest BCUT2D eigenvalue weighted by Crippen LogP contribution is -2.10. The molecule has 0 heterocycles. The predicted molar refractivity (Wildman–Crippen MR) is 54.5 cm³/mol. The van der Waals surface area contributed by atoms with Gasteiger partial charge in [-0.1, -0.05) is 19.1 Å². The Kier molecular flexibility index (Phi) is 7.36. The highest BCUT2D eigenvalue weighted by Crippen LogP contribution is 2.01. The lowest BCUT2D eigenvalue weighted by atomic mass is 10.2. The average molecular weight is 184 g/mol. The topological polar surface area (TPSA) is 26.3 Å². The van der Waals surface area contributed by atoms with Gasteiger partial charge in [-0.3, -0.25) is 4.79 Å². The summed E-state index contributed by atoms with van der Waals surface area (Å²) in [6, 6.07) is 0. The molecule has 0 N–H and O–H groups in total. The molecule has 0 amide bonds. The summed E-state index contributed by atoms with van der Waals surface area (Å²) in [4.78, 5) is 11.0. The van der Waals surface area contributed by atoms with E-state index in [0.717, 1.165) is 19.3 Å². The fraction of sp³-hybridized carbons (Fsp3) is 0.727. The van der Waals surface area contributed by atoms with E-state index in [9.17, 15) is 4.79 Å². The zero-order valence-corrected chi connectivity index (χ0v) is 8.88. The number of unbranched alkanes of at least 4 members (excludes halogenated alkanes) is 1. The largest absolute Gasteiger partial charge is 0.463 e. The van der Waals surface area contributed by atoms with Crippen molar-refractivity contribution in [2.75, 3.05) is 0 Å². The molecular weight excluding hydrogens is 164 g/mol. The van der Waals surface area contributed by atoms with Crippen LogP contribution >= 0.6 is 0 Å². The summed E-state index contributed by atoms with van der Waals surface area (Å²) in [6.07, 6.45) is 7.71. The van der Waals surface area contributed by atoms with E-state index in [4.69, 9.17) is 4.74 Å². The lowest BCUT2D eigenvalue weighted by Gasteiger charge is -2.06. The molecule has 0 bridgehead atoms. The molecule has 0 aliphatic heterocycles. The van der Waals surface area contributed by atoms with Crippen LogP contribution in [-0.4, -0.2) is 12.1 Å². The third-order valence-electron chi connectivity index (χ3n) is 1.52. The lowest BCUT2D eigenvalue weighted by molar-refractivity contribution is -0.147. The second-order valence-electron chi connectivity index (χ2n) is 3.31. The van der Waals surface area contributed by atoms with Crippen molar-refractivity contribution in [1.82, 2.24) is 0 Å². The summed E-state index contributed by atoms with van der Waals surface area (Å²) >= 11 is 0. The van der Waals surface area contributed by atoms with Gasteiger partial charge < -0.3 is 4.74 Å². The van der Waals surface area contributed by atoms with E-state index in [0.29, 0.717) is 6.42 Å². The van der Waals surface area contributed by atoms with E-state index in [1.165, 1.54) is 0 Å². The predicted octanol–water partition coefficient (Wildman–Crippen LogP) is 3.07. The molecule has 0 saturated carbocycles. The smallest absolute Gasteiger partial charge is 0.306 e. The molecule has 0 fully saturated rings. The van der Waals surface area contributed by atoms with Crippen LogP contribution < -0.4 is 0 Å². The first-order valence-electron chi connectivity index (χ1n) is 5.01. The zero-order valence-electron chi connectivity index (χ0n) is 8.88. The number of esters is 1. The van der Waals surface area contributed by atoms with Gasteiger partial charge in [-0.15, -0.1) is 0 Å². The van der Waals surface area contributed by atoms with E-state index in [1.807, 2.05) is 13.8 Å². The molecule has 0 rings (SSSR count). The fourth-order valence-corrected chi connectivity index (χ4v) is 0.971. The van der Waals surface area contributed by atoms with Crippen LogP contribution in [0.2, 0.25) is 0 Å². The van der Waals surface area contributed by atoms with E-state index < -0.39 is 0 Å². The van der Waals surface area contributed by atoms with Crippen molar-refractivity contribution in [2.45, 2.75) is 52.6 Å². The Balaban J connectivity index is 3.32. The van der Waals surface area contributed by atoms with Gasteiger partial charge in [-0.05, 0) is 33.1 Å². The molecule has 0 saturated heterocycles. The molecule has 0 atom stereocenters. The van der Waals surface area contributed by atoms with E-state index in [2.05, 4.69) is 19.1 Å². The first kappa shape index (κ1) is 12.2. The minimum Gasteiger partial charge on any atom is -0.463 e. The van der Waals surface area contributed by atoms with Crippen LogP contribution in [0.15, 0.2) is 12.2 Å². The maximum atomic E-state index is 11.0. The van der Waals surface area contributed by atoms with Crippen LogP contribution in [0.1, 0.15) is 46.5 Å². The number of hydrogen-bond acceptors (Lipinski definition) is 2. The van der Waals surface area contributed by atoms with Gasteiger partial charge in [0.1, 0.15) is 0 Å². The average Bonchev–Trinajstić information content (AvgIpc) is 2.02. The van der Waals surface area contributed by atoms with Crippen molar-refractivity contribution >= 4 is 5.97 Å². The Morgan fingerprint density at radius 1 is 1.38 bits per heavy atom. The first-order valence-corrected chi connectivity index (χ1v) is 5.01. The van der Waals surface area contributed by atoms with E-state index in [-0.39, 0.29) is 12.1 Å². The summed E-state index contributed by atoms with van der Waals surface area (Å²) in [5.41, 5.74) is 0. The highest BCUT2D eigenvalue weighted by atomic mass is 16.5. The zero-order chi connectivity index (χ0) is 10.1. The monoisotopic (exact) mass is 184 g/mol. The van der Waals surface area contributed by atoms with Gasteiger partial charge in [0.05, 0.1) is 6.10 Å². The fourth-order valence-electron chi connectivity index (χ4n) is 0.971. The second-order valence-corrected chi connectivity index (χ2v) is 3.31. The van der Waals surface area contributed by atoms with Crippen LogP contribution in [0.4, 0.5) is 0 Å². The summed E-state index contributed by atoms with van der Waals surface area (Å²) in [5.74, 6) is -0.0834. The summed E-state index contributed by atoms with van der Waals surface area (Å²) in [5, 5.41) is 0. The summed E-state index contributed by atoms with van der Waals surface area (Å²) in [7, 11) is 0. The maximum absolute atomic E-state index is 11.0. The molecular formula is C11H20O2. The van der Waals surface area contributed by atoms with Gasteiger partial charge in [-0.25, -0.2) is 0 Å². The molecule has 0 unspecified atom stereocenters. The van der Waals surface area contributed by atoms with Crippen molar-refractivity contribution in [2.24, 2.45) is 0 Å². The van der Waals surface area contributed by atoms with Gasteiger partial charge in [0.2, 0.25) is 0 Å². The molecule has 0 aromatic heterocycles. The van der Waals surface area contributed by atoms with Crippen molar-refractivity contribution in [1.29, 1.82) is 0 Å². The Morgan fingerprint density at radius 2 is 2.08 bits per heavy atom. The minimum absolute atomic E-state index is 0.0127. The van der Waals surface area contributed by atoms with Crippen LogP contribution in [0.5, 0.6) is 0 Å². The van der Waals surface area contributed by atoms with E-state index >= 15 is 0 Å². The number of carbonyl (C=O) groups is 1. The Labute approximate surface area is 81.0 Å². The maximum Gasteiger partial charge on any atom is 0.306 e. The van der Waals surface area contributed by atoms with Gasteiger partial charge >= 0.3 is 5.97 Å². The minimum atomic E-state index is -0.0834. The number of rotatable bonds is 6.